The summed E-state index contributed by atoms with van der Waals surface area (Å²) >= 11 is 1.39. The maximum Gasteiger partial charge on any atom is 0.242 e. The van der Waals surface area contributed by atoms with Gasteiger partial charge in [0.25, 0.3) is 0 Å². The Morgan fingerprint density at radius 1 is 0.756 bits per heavy atom. The Bertz CT molecular complexity index is 1790. The minimum absolute atomic E-state index is 0.0430. The van der Waals surface area contributed by atoms with Crippen LogP contribution in [-0.4, -0.2) is 26.4 Å². The molecule has 5 aromatic carbocycles. The summed E-state index contributed by atoms with van der Waals surface area (Å²) in [5.74, 6) is 0.915. The molecule has 1 heterocycles. The Hall–Kier alpha value is -4.88. The van der Waals surface area contributed by atoms with Crippen molar-refractivity contribution in [3.63, 3.8) is 0 Å². The van der Waals surface area contributed by atoms with Gasteiger partial charge in [0.1, 0.15) is 0 Å². The lowest BCUT2D eigenvalue weighted by Crippen LogP contribution is -2.27. The minimum Gasteiger partial charge on any atom is -0.378 e. The van der Waals surface area contributed by atoms with Gasteiger partial charge >= 0.3 is 0 Å². The average Bonchev–Trinajstić information content (AvgIpc) is 3.43. The number of nitrogens with one attached hydrogen (secondary N) is 1. The van der Waals surface area contributed by atoms with Crippen LogP contribution in [0.2, 0.25) is 0 Å². The molecule has 0 atom stereocenters. The van der Waals surface area contributed by atoms with Crippen LogP contribution in [0.1, 0.15) is 11.4 Å². The van der Waals surface area contributed by atoms with Gasteiger partial charge < -0.3 is 5.32 Å². The van der Waals surface area contributed by atoms with Crippen LogP contribution in [0.25, 0.3) is 16.5 Å². The number of amides is 1. The number of hydrogen-bond donors (Lipinski definition) is 1. The van der Waals surface area contributed by atoms with E-state index in [4.69, 9.17) is 0 Å². The lowest BCUT2D eigenvalue weighted by atomic mass is 10.1. The lowest BCUT2D eigenvalue weighted by molar-refractivity contribution is -0.115. The Labute approximate surface area is 243 Å². The summed E-state index contributed by atoms with van der Waals surface area (Å²) in [6, 6.07) is 42.3. The van der Waals surface area contributed by atoms with E-state index in [2.05, 4.69) is 58.8 Å². The summed E-state index contributed by atoms with van der Waals surface area (Å²) in [7, 11) is 0. The summed E-state index contributed by atoms with van der Waals surface area (Å²) in [6.07, 6.45) is 0. The number of aromatic nitrogens is 3. The van der Waals surface area contributed by atoms with Crippen LogP contribution in [0, 0.1) is 6.92 Å². The van der Waals surface area contributed by atoms with Crippen LogP contribution in [0.4, 0.5) is 17.1 Å². The second kappa shape index (κ2) is 12.1. The monoisotopic (exact) mass is 555 g/mol. The van der Waals surface area contributed by atoms with Crippen LogP contribution in [0.15, 0.2) is 133 Å². The number of anilines is 3. The molecule has 1 amide bonds. The lowest BCUT2D eigenvalue weighted by Gasteiger charge is -2.23. The van der Waals surface area contributed by atoms with Gasteiger partial charge in [-0.3, -0.25) is 14.3 Å². The highest BCUT2D eigenvalue weighted by molar-refractivity contribution is 7.99. The Morgan fingerprint density at radius 2 is 1.49 bits per heavy atom. The van der Waals surface area contributed by atoms with Gasteiger partial charge in [0.2, 0.25) is 5.91 Å². The van der Waals surface area contributed by atoms with Crippen LogP contribution >= 0.6 is 11.8 Å². The first-order valence-electron chi connectivity index (χ1n) is 13.5. The zero-order valence-corrected chi connectivity index (χ0v) is 23.5. The molecule has 1 aromatic heterocycles. The molecule has 1 N–H and O–H groups in total. The van der Waals surface area contributed by atoms with E-state index in [1.165, 1.54) is 17.3 Å². The standard InChI is InChI=1S/C34H29N5OS/c1-25-11-10-14-28(21-25)35-23-32-36-37-34(39(32)30-17-6-3-7-18-30)41-24-33(40)38(29-15-4-2-5-16-29)31-20-19-26-12-8-9-13-27(26)22-31/h2-22,35H,23-24H2,1H3. The number of aryl methyl sites for hydroxylation is 1. The first-order chi connectivity index (χ1) is 20.2. The van der Waals surface area contributed by atoms with Crippen molar-refractivity contribution in [3.05, 3.63) is 139 Å². The first-order valence-corrected chi connectivity index (χ1v) is 14.4. The fourth-order valence-electron chi connectivity index (χ4n) is 4.80. The van der Waals surface area contributed by atoms with Crippen molar-refractivity contribution in [1.29, 1.82) is 0 Å². The molecule has 202 valence electrons. The molecule has 7 heteroatoms. The van der Waals surface area contributed by atoms with E-state index < -0.39 is 0 Å². The van der Waals surface area contributed by atoms with Gasteiger partial charge in [-0.15, -0.1) is 10.2 Å². The summed E-state index contributed by atoms with van der Waals surface area (Å²) < 4.78 is 2.02. The molecule has 0 aliphatic heterocycles. The van der Waals surface area contributed by atoms with Crippen molar-refractivity contribution < 1.29 is 4.79 Å². The third kappa shape index (κ3) is 6.00. The van der Waals surface area contributed by atoms with Crippen molar-refractivity contribution in [2.45, 2.75) is 18.6 Å². The van der Waals surface area contributed by atoms with E-state index >= 15 is 0 Å². The molecule has 0 bridgehead atoms. The molecule has 6 rings (SSSR count). The van der Waals surface area contributed by atoms with Crippen molar-refractivity contribution in [3.8, 4) is 5.69 Å². The highest BCUT2D eigenvalue weighted by atomic mass is 32.2. The molecule has 0 saturated heterocycles. The molecular formula is C34H29N5OS. The SMILES string of the molecule is Cc1cccc(NCc2nnc(SCC(=O)N(c3ccccc3)c3ccc4ccccc4c3)n2-c2ccccc2)c1. The number of hydrogen-bond acceptors (Lipinski definition) is 5. The topological polar surface area (TPSA) is 63.1 Å². The fraction of sp³-hybridized carbons (Fsp3) is 0.0882. The fourth-order valence-corrected chi connectivity index (χ4v) is 5.62. The van der Waals surface area contributed by atoms with E-state index in [0.717, 1.165) is 39.3 Å². The number of carbonyl (C=O) groups is 1. The van der Waals surface area contributed by atoms with Gasteiger partial charge in [-0.05, 0) is 71.8 Å². The second-order valence-corrected chi connectivity index (χ2v) is 10.6. The van der Waals surface area contributed by atoms with Gasteiger partial charge in [0, 0.05) is 22.7 Å². The van der Waals surface area contributed by atoms with Crippen LogP contribution in [-0.2, 0) is 11.3 Å². The van der Waals surface area contributed by atoms with Crippen molar-refractivity contribution in [2.24, 2.45) is 0 Å². The number of thioether (sulfide) groups is 1. The van der Waals surface area contributed by atoms with E-state index in [1.807, 2.05) is 95.6 Å². The van der Waals surface area contributed by atoms with Crippen molar-refractivity contribution in [1.82, 2.24) is 14.8 Å². The van der Waals surface area contributed by atoms with Gasteiger partial charge in [-0.25, -0.2) is 0 Å². The predicted molar refractivity (Wildman–Crippen MR) is 168 cm³/mol. The normalized spacial score (nSPS) is 11.0. The molecule has 0 unspecified atom stereocenters. The molecule has 0 saturated carbocycles. The van der Waals surface area contributed by atoms with E-state index in [-0.39, 0.29) is 11.7 Å². The number of fused-ring (bicyclic) bond motifs is 1. The highest BCUT2D eigenvalue weighted by Gasteiger charge is 2.21. The molecule has 0 fully saturated rings. The van der Waals surface area contributed by atoms with Crippen molar-refractivity contribution >= 4 is 45.5 Å². The van der Waals surface area contributed by atoms with Gasteiger partial charge in [-0.2, -0.15) is 0 Å². The highest BCUT2D eigenvalue weighted by Crippen LogP contribution is 2.31. The largest absolute Gasteiger partial charge is 0.378 e. The maximum atomic E-state index is 13.9. The van der Waals surface area contributed by atoms with Gasteiger partial charge in [0.05, 0.1) is 12.3 Å². The predicted octanol–water partition coefficient (Wildman–Crippen LogP) is 7.80. The van der Waals surface area contributed by atoms with Crippen LogP contribution < -0.4 is 10.2 Å². The second-order valence-electron chi connectivity index (χ2n) is 9.68. The molecular weight excluding hydrogens is 526 g/mol. The third-order valence-electron chi connectivity index (χ3n) is 6.76. The molecule has 0 aliphatic carbocycles. The van der Waals surface area contributed by atoms with E-state index in [0.29, 0.717) is 11.7 Å². The quantitative estimate of drug-likeness (QED) is 0.185. The first kappa shape index (κ1) is 26.3. The van der Waals surface area contributed by atoms with Crippen LogP contribution in [0.3, 0.4) is 0 Å². The summed E-state index contributed by atoms with van der Waals surface area (Å²) in [5.41, 5.74) is 4.80. The maximum absolute atomic E-state index is 13.9. The van der Waals surface area contributed by atoms with Gasteiger partial charge in [0.15, 0.2) is 11.0 Å². The van der Waals surface area contributed by atoms with E-state index in [9.17, 15) is 4.79 Å². The molecule has 41 heavy (non-hydrogen) atoms. The minimum atomic E-state index is -0.0430. The molecule has 6 nitrogen and oxygen atoms in total. The molecule has 0 aliphatic rings. The summed E-state index contributed by atoms with van der Waals surface area (Å²) in [4.78, 5) is 15.7. The Morgan fingerprint density at radius 3 is 2.27 bits per heavy atom. The molecule has 0 radical (unpaired) electrons. The summed E-state index contributed by atoms with van der Waals surface area (Å²) in [5, 5.41) is 15.4. The number of benzene rings is 5. The molecule has 0 spiro atoms. The number of carbonyl (C=O) groups excluding carboxylic acids is 1. The van der Waals surface area contributed by atoms with Crippen molar-refractivity contribution in [2.75, 3.05) is 16.0 Å². The smallest absolute Gasteiger partial charge is 0.242 e. The average molecular weight is 556 g/mol. The molecule has 6 aromatic rings. The van der Waals surface area contributed by atoms with Gasteiger partial charge in [-0.1, -0.05) is 90.6 Å². The Kier molecular flexibility index (Phi) is 7.78. The zero-order chi connectivity index (χ0) is 28.0. The zero-order valence-electron chi connectivity index (χ0n) is 22.6. The number of rotatable bonds is 9. The van der Waals surface area contributed by atoms with Crippen LogP contribution in [0.5, 0.6) is 0 Å². The van der Waals surface area contributed by atoms with E-state index in [1.54, 1.807) is 4.90 Å². The number of nitrogens with zero attached hydrogens (tertiary/aromatic N) is 4. The Balaban J connectivity index is 1.28. The summed E-state index contributed by atoms with van der Waals surface area (Å²) in [6.45, 7) is 2.56. The number of para-hydroxylation sites is 2. The third-order valence-corrected chi connectivity index (χ3v) is 7.68.